The summed E-state index contributed by atoms with van der Waals surface area (Å²) in [4.78, 5) is 17.0. The highest BCUT2D eigenvalue weighted by Gasteiger charge is 2.26. The summed E-state index contributed by atoms with van der Waals surface area (Å²) < 4.78 is 12.3. The molecule has 3 heterocycles. The highest BCUT2D eigenvalue weighted by atomic mass is 16.5. The molecule has 0 aliphatic carbocycles. The van der Waals surface area contributed by atoms with Crippen LogP contribution in [0, 0.1) is 5.92 Å². The molecule has 2 atom stereocenters. The van der Waals surface area contributed by atoms with E-state index in [9.17, 15) is 9.90 Å². The Morgan fingerprint density at radius 1 is 1.29 bits per heavy atom. The summed E-state index contributed by atoms with van der Waals surface area (Å²) in [7, 11) is 0. The molecule has 0 bridgehead atoms. The number of aliphatic hydroxyl groups is 1. The summed E-state index contributed by atoms with van der Waals surface area (Å²) in [5.74, 6) is 0.136. The van der Waals surface area contributed by atoms with Gasteiger partial charge in [0.2, 0.25) is 0 Å². The Morgan fingerprint density at radius 3 is 2.88 bits per heavy atom. The summed E-state index contributed by atoms with van der Waals surface area (Å²) >= 11 is 0. The van der Waals surface area contributed by atoms with Crippen LogP contribution in [0.4, 0.5) is 0 Å². The van der Waals surface area contributed by atoms with Gasteiger partial charge in [-0.3, -0.25) is 9.36 Å². The summed E-state index contributed by atoms with van der Waals surface area (Å²) in [6, 6.07) is 9.49. The maximum absolute atomic E-state index is 12.6. The van der Waals surface area contributed by atoms with Crippen LogP contribution >= 0.6 is 0 Å². The van der Waals surface area contributed by atoms with E-state index in [0.29, 0.717) is 24.4 Å². The maximum Gasteiger partial charge on any atom is 0.300 e. The highest BCUT2D eigenvalue weighted by molar-refractivity contribution is 5.87. The van der Waals surface area contributed by atoms with Gasteiger partial charge < -0.3 is 14.4 Å². The van der Waals surface area contributed by atoms with Crippen LogP contribution in [-0.2, 0) is 11.3 Å². The molecule has 0 spiro atoms. The van der Waals surface area contributed by atoms with Crippen LogP contribution in [-0.4, -0.2) is 39.1 Å². The Bertz CT molecular complexity index is 903. The average molecular weight is 327 g/mol. The fourth-order valence-corrected chi connectivity index (χ4v) is 3.03. The molecule has 1 aliphatic heterocycles. The minimum atomic E-state index is -0.272. The van der Waals surface area contributed by atoms with Gasteiger partial charge in [-0.15, -0.1) is 0 Å². The molecule has 0 saturated carbocycles. The van der Waals surface area contributed by atoms with Crippen molar-refractivity contribution in [2.24, 2.45) is 5.92 Å². The molecule has 0 amide bonds. The zero-order chi connectivity index (χ0) is 16.5. The summed E-state index contributed by atoms with van der Waals surface area (Å²) in [6.45, 7) is 1.01. The molecule has 4 rings (SSSR count). The van der Waals surface area contributed by atoms with Gasteiger partial charge in [0.1, 0.15) is 11.2 Å². The van der Waals surface area contributed by atoms with Crippen LogP contribution in [0.2, 0.25) is 0 Å². The molecule has 7 heteroatoms. The molecule has 1 fully saturated rings. The lowest BCUT2D eigenvalue weighted by Gasteiger charge is -2.10. The largest absolute Gasteiger partial charge is 0.396 e. The van der Waals surface area contributed by atoms with Gasteiger partial charge in [-0.1, -0.05) is 35.5 Å². The molecule has 2 aromatic heterocycles. The van der Waals surface area contributed by atoms with Crippen LogP contribution in [0.3, 0.4) is 0 Å². The van der Waals surface area contributed by atoms with Gasteiger partial charge in [0, 0.05) is 18.1 Å². The van der Waals surface area contributed by atoms with Gasteiger partial charge in [0.15, 0.2) is 0 Å². The van der Waals surface area contributed by atoms with Crippen molar-refractivity contribution < 1.29 is 14.4 Å². The van der Waals surface area contributed by atoms with E-state index in [1.165, 1.54) is 10.9 Å². The van der Waals surface area contributed by atoms with E-state index in [1.807, 2.05) is 30.3 Å². The Labute approximate surface area is 137 Å². The van der Waals surface area contributed by atoms with Crippen molar-refractivity contribution in [1.82, 2.24) is 14.7 Å². The van der Waals surface area contributed by atoms with Crippen molar-refractivity contribution in [2.75, 3.05) is 13.2 Å². The van der Waals surface area contributed by atoms with E-state index in [2.05, 4.69) is 10.1 Å². The zero-order valence-corrected chi connectivity index (χ0v) is 13.0. The van der Waals surface area contributed by atoms with Crippen LogP contribution in [0.15, 0.2) is 46.0 Å². The summed E-state index contributed by atoms with van der Waals surface area (Å²) in [5, 5.41) is 13.2. The number of ether oxygens (including phenoxy) is 1. The highest BCUT2D eigenvalue weighted by Crippen LogP contribution is 2.24. The Morgan fingerprint density at radius 2 is 2.12 bits per heavy atom. The number of rotatable bonds is 4. The van der Waals surface area contributed by atoms with Gasteiger partial charge >= 0.3 is 0 Å². The molecule has 1 saturated heterocycles. The third-order valence-electron chi connectivity index (χ3n) is 4.32. The van der Waals surface area contributed by atoms with E-state index < -0.39 is 0 Å². The number of fused-ring (bicyclic) bond motifs is 1. The smallest absolute Gasteiger partial charge is 0.300 e. The van der Waals surface area contributed by atoms with Crippen LogP contribution in [0.25, 0.3) is 22.4 Å². The molecule has 7 nitrogen and oxygen atoms in total. The van der Waals surface area contributed by atoms with Crippen molar-refractivity contribution in [3.63, 3.8) is 0 Å². The molecule has 124 valence electrons. The predicted octanol–water partition coefficient (Wildman–Crippen LogP) is 1.45. The predicted molar refractivity (Wildman–Crippen MR) is 86.4 cm³/mol. The molecule has 3 aromatic rings. The minimum absolute atomic E-state index is 0.101. The first-order valence-electron chi connectivity index (χ1n) is 7.89. The van der Waals surface area contributed by atoms with Crippen LogP contribution in [0.5, 0.6) is 0 Å². The van der Waals surface area contributed by atoms with Crippen LogP contribution in [0.1, 0.15) is 6.42 Å². The molecule has 2 unspecified atom stereocenters. The van der Waals surface area contributed by atoms with Gasteiger partial charge in [0.25, 0.3) is 11.1 Å². The van der Waals surface area contributed by atoms with Crippen molar-refractivity contribution in [3.05, 3.63) is 47.0 Å². The summed E-state index contributed by atoms with van der Waals surface area (Å²) in [6.07, 6.45) is 2.13. The molecule has 1 N–H and O–H groups in total. The van der Waals surface area contributed by atoms with E-state index in [1.54, 1.807) is 0 Å². The molecule has 0 radical (unpaired) electrons. The second-order valence-corrected chi connectivity index (χ2v) is 6.02. The minimum Gasteiger partial charge on any atom is -0.396 e. The number of aliphatic hydroxyl groups excluding tert-OH is 1. The number of benzene rings is 1. The lowest BCUT2D eigenvalue weighted by atomic mass is 10.1. The van der Waals surface area contributed by atoms with Crippen molar-refractivity contribution >= 4 is 11.1 Å². The Hall–Kier alpha value is -2.51. The van der Waals surface area contributed by atoms with Gasteiger partial charge in [-0.25, -0.2) is 4.98 Å². The van der Waals surface area contributed by atoms with E-state index >= 15 is 0 Å². The summed E-state index contributed by atoms with van der Waals surface area (Å²) in [5.41, 5.74) is 1.75. The van der Waals surface area contributed by atoms with Crippen molar-refractivity contribution in [1.29, 1.82) is 0 Å². The second kappa shape index (κ2) is 6.18. The van der Waals surface area contributed by atoms with E-state index in [4.69, 9.17) is 9.26 Å². The quantitative estimate of drug-likeness (QED) is 0.780. The number of aromatic nitrogens is 3. The Balaban J connectivity index is 1.66. The third kappa shape index (κ3) is 2.61. The first-order chi connectivity index (χ1) is 11.8. The van der Waals surface area contributed by atoms with E-state index in [-0.39, 0.29) is 29.8 Å². The molecule has 1 aromatic carbocycles. The fourth-order valence-electron chi connectivity index (χ4n) is 3.03. The first kappa shape index (κ1) is 15.0. The maximum atomic E-state index is 12.6. The molecule has 24 heavy (non-hydrogen) atoms. The number of hydrogen-bond acceptors (Lipinski definition) is 6. The monoisotopic (exact) mass is 327 g/mol. The molecule has 1 aliphatic rings. The molecular weight excluding hydrogens is 310 g/mol. The second-order valence-electron chi connectivity index (χ2n) is 6.02. The van der Waals surface area contributed by atoms with E-state index in [0.717, 1.165) is 12.0 Å². The number of hydrogen-bond donors (Lipinski definition) is 1. The van der Waals surface area contributed by atoms with Gasteiger partial charge in [0.05, 0.1) is 25.6 Å². The lowest BCUT2D eigenvalue weighted by Crippen LogP contribution is -2.26. The zero-order valence-electron chi connectivity index (χ0n) is 13.0. The van der Waals surface area contributed by atoms with Crippen LogP contribution < -0.4 is 5.56 Å². The third-order valence-corrected chi connectivity index (χ3v) is 4.32. The Kier molecular flexibility index (Phi) is 3.87. The first-order valence-corrected chi connectivity index (χ1v) is 7.89. The lowest BCUT2D eigenvalue weighted by molar-refractivity contribution is 0.0884. The SMILES string of the molecule is O=c1c2onc(-c3ccccc3)c2ncn1CC1CC(CO)CO1. The topological polar surface area (TPSA) is 90.4 Å². The van der Waals surface area contributed by atoms with Crippen molar-refractivity contribution in [3.8, 4) is 11.3 Å². The average Bonchev–Trinajstić information content (AvgIpc) is 3.25. The number of nitrogens with zero attached hydrogens (tertiary/aromatic N) is 3. The fraction of sp³-hybridized carbons (Fsp3) is 0.353. The van der Waals surface area contributed by atoms with Gasteiger partial charge in [-0.05, 0) is 6.42 Å². The standard InChI is InChI=1S/C17H17N3O4/c21-8-11-6-13(23-9-11)7-20-10-18-15-14(12-4-2-1-3-5-12)19-24-16(15)17(20)22/h1-5,10-11,13,21H,6-9H2. The van der Waals surface area contributed by atoms with Crippen molar-refractivity contribution in [2.45, 2.75) is 19.1 Å². The normalized spacial score (nSPS) is 20.7. The van der Waals surface area contributed by atoms with Gasteiger partial charge in [-0.2, -0.15) is 0 Å². The molecular formula is C17H17N3O4.